The van der Waals surface area contributed by atoms with Crippen molar-refractivity contribution in [1.29, 1.82) is 0 Å². The first-order valence-electron chi connectivity index (χ1n) is 10.5. The van der Waals surface area contributed by atoms with Gasteiger partial charge in [0.15, 0.2) is 5.69 Å². The Morgan fingerprint density at radius 1 is 1.19 bits per heavy atom. The quantitative estimate of drug-likeness (QED) is 0.442. The normalized spacial score (nSPS) is 14.6. The van der Waals surface area contributed by atoms with Crippen LogP contribution in [-0.4, -0.2) is 22.5 Å². The molecule has 0 atom stereocenters. The van der Waals surface area contributed by atoms with Crippen molar-refractivity contribution in [1.82, 2.24) is 10.3 Å². The van der Waals surface area contributed by atoms with Gasteiger partial charge in [-0.25, -0.2) is 9.83 Å². The molecule has 32 heavy (non-hydrogen) atoms. The Kier molecular flexibility index (Phi) is 5.74. The molecule has 164 valence electrons. The molecule has 0 radical (unpaired) electrons. The molecule has 1 amide bonds. The smallest absolute Gasteiger partial charge is 0.307 e. The Bertz CT molecular complexity index is 1210. The number of nitrogens with zero attached hydrogens (tertiary/aromatic N) is 2. The van der Waals surface area contributed by atoms with Gasteiger partial charge in [-0.2, -0.15) is 0 Å². The molecule has 0 spiro atoms. The molecular weight excluding hydrogens is 422 g/mol. The minimum Gasteiger partial charge on any atom is -0.460 e. The monoisotopic (exact) mass is 447 g/mol. The molecule has 0 saturated carbocycles. The van der Waals surface area contributed by atoms with Gasteiger partial charge in [0.1, 0.15) is 10.6 Å². The van der Waals surface area contributed by atoms with Crippen molar-refractivity contribution < 1.29 is 14.3 Å². The van der Waals surface area contributed by atoms with E-state index < -0.39 is 11.0 Å². The number of fused-ring (bicyclic) bond motifs is 2. The SMILES string of the molecule is [C-]#[N+]c1ccc2nc(CNC(=O)C3(CC(=O)OC(C)(C)C)Cc4ccccc4C3)sc2c1. The molecular formula is C25H25N3O3S. The number of aromatic nitrogens is 1. The third-order valence-corrected chi connectivity index (χ3v) is 6.52. The summed E-state index contributed by atoms with van der Waals surface area (Å²) in [4.78, 5) is 34.2. The topological polar surface area (TPSA) is 72.7 Å². The van der Waals surface area contributed by atoms with Gasteiger partial charge >= 0.3 is 5.97 Å². The zero-order chi connectivity index (χ0) is 22.9. The summed E-state index contributed by atoms with van der Waals surface area (Å²) in [6.45, 7) is 12.9. The largest absolute Gasteiger partial charge is 0.460 e. The van der Waals surface area contributed by atoms with Crippen LogP contribution in [0, 0.1) is 12.0 Å². The second-order valence-electron chi connectivity index (χ2n) is 9.22. The molecule has 0 aliphatic heterocycles. The first-order chi connectivity index (χ1) is 15.2. The molecule has 0 bridgehead atoms. The van der Waals surface area contributed by atoms with Crippen molar-refractivity contribution in [3.8, 4) is 0 Å². The van der Waals surface area contributed by atoms with Crippen molar-refractivity contribution in [2.75, 3.05) is 0 Å². The molecule has 1 N–H and O–H groups in total. The molecule has 1 aliphatic rings. The van der Waals surface area contributed by atoms with Crippen LogP contribution in [0.4, 0.5) is 5.69 Å². The van der Waals surface area contributed by atoms with Crippen molar-refractivity contribution in [2.24, 2.45) is 5.41 Å². The lowest BCUT2D eigenvalue weighted by Crippen LogP contribution is -2.44. The van der Waals surface area contributed by atoms with Crippen LogP contribution >= 0.6 is 11.3 Å². The molecule has 0 saturated heterocycles. The lowest BCUT2D eigenvalue weighted by molar-refractivity contribution is -0.160. The van der Waals surface area contributed by atoms with Gasteiger partial charge in [0.25, 0.3) is 0 Å². The highest BCUT2D eigenvalue weighted by Gasteiger charge is 2.46. The molecule has 1 aliphatic carbocycles. The lowest BCUT2D eigenvalue weighted by Gasteiger charge is -2.28. The number of thiazole rings is 1. The summed E-state index contributed by atoms with van der Waals surface area (Å²) < 4.78 is 6.46. The van der Waals surface area contributed by atoms with Gasteiger partial charge in [0.05, 0.1) is 30.5 Å². The van der Waals surface area contributed by atoms with E-state index in [0.29, 0.717) is 18.5 Å². The first-order valence-corrected chi connectivity index (χ1v) is 11.3. The maximum Gasteiger partial charge on any atom is 0.307 e. The van der Waals surface area contributed by atoms with E-state index in [2.05, 4.69) is 15.1 Å². The minimum absolute atomic E-state index is 0.0268. The van der Waals surface area contributed by atoms with Crippen molar-refractivity contribution in [3.05, 3.63) is 70.0 Å². The number of benzene rings is 2. The summed E-state index contributed by atoms with van der Waals surface area (Å²) in [5.74, 6) is -0.534. The fraction of sp³-hybridized carbons (Fsp3) is 0.360. The van der Waals surface area contributed by atoms with Gasteiger partial charge in [-0.05, 0) is 56.9 Å². The Morgan fingerprint density at radius 3 is 2.50 bits per heavy atom. The highest BCUT2D eigenvalue weighted by atomic mass is 32.1. The van der Waals surface area contributed by atoms with Gasteiger partial charge in [-0.1, -0.05) is 30.3 Å². The van der Waals surface area contributed by atoms with E-state index >= 15 is 0 Å². The molecule has 6 nitrogen and oxygen atoms in total. The van der Waals surface area contributed by atoms with Crippen LogP contribution < -0.4 is 5.32 Å². The predicted molar refractivity (Wildman–Crippen MR) is 124 cm³/mol. The van der Waals surface area contributed by atoms with Crippen molar-refractivity contribution >= 4 is 39.1 Å². The zero-order valence-electron chi connectivity index (χ0n) is 18.4. The Morgan fingerprint density at radius 2 is 1.88 bits per heavy atom. The summed E-state index contributed by atoms with van der Waals surface area (Å²) in [5.41, 5.74) is 2.08. The minimum atomic E-state index is -0.875. The third-order valence-electron chi connectivity index (χ3n) is 5.51. The summed E-state index contributed by atoms with van der Waals surface area (Å²) >= 11 is 1.46. The van der Waals surface area contributed by atoms with E-state index in [1.54, 1.807) is 6.07 Å². The van der Waals surface area contributed by atoms with Gasteiger partial charge in [0.2, 0.25) is 5.91 Å². The van der Waals surface area contributed by atoms with Gasteiger partial charge in [0, 0.05) is 4.70 Å². The van der Waals surface area contributed by atoms with Crippen LogP contribution in [0.15, 0.2) is 42.5 Å². The molecule has 0 fully saturated rings. The molecule has 7 heteroatoms. The second-order valence-corrected chi connectivity index (χ2v) is 10.3. The van der Waals surface area contributed by atoms with Crippen LogP contribution in [0.25, 0.3) is 15.1 Å². The lowest BCUT2D eigenvalue weighted by atomic mass is 9.80. The fourth-order valence-electron chi connectivity index (χ4n) is 4.16. The molecule has 1 aromatic heterocycles. The Labute approximate surface area is 191 Å². The van der Waals surface area contributed by atoms with E-state index in [1.165, 1.54) is 11.3 Å². The zero-order valence-corrected chi connectivity index (χ0v) is 19.2. The van der Waals surface area contributed by atoms with E-state index in [9.17, 15) is 9.59 Å². The van der Waals surface area contributed by atoms with E-state index in [1.807, 2.05) is 57.2 Å². The van der Waals surface area contributed by atoms with Crippen LogP contribution in [0.1, 0.15) is 43.3 Å². The van der Waals surface area contributed by atoms with Crippen LogP contribution in [0.2, 0.25) is 0 Å². The predicted octanol–water partition coefficient (Wildman–Crippen LogP) is 4.98. The molecule has 1 heterocycles. The van der Waals surface area contributed by atoms with Crippen LogP contribution in [0.3, 0.4) is 0 Å². The van der Waals surface area contributed by atoms with Gasteiger partial charge < -0.3 is 10.1 Å². The summed E-state index contributed by atoms with van der Waals surface area (Å²) in [7, 11) is 0. The summed E-state index contributed by atoms with van der Waals surface area (Å²) in [6, 6.07) is 13.3. The van der Waals surface area contributed by atoms with E-state index in [-0.39, 0.29) is 24.8 Å². The van der Waals surface area contributed by atoms with Crippen molar-refractivity contribution in [3.63, 3.8) is 0 Å². The highest BCUT2D eigenvalue weighted by molar-refractivity contribution is 7.18. The Hall–Kier alpha value is -3.24. The number of amides is 1. The van der Waals surface area contributed by atoms with E-state index in [4.69, 9.17) is 11.3 Å². The van der Waals surface area contributed by atoms with E-state index in [0.717, 1.165) is 26.4 Å². The van der Waals surface area contributed by atoms with Gasteiger partial charge in [-0.3, -0.25) is 9.59 Å². The number of carbonyl (C=O) groups excluding carboxylic acids is 2. The van der Waals surface area contributed by atoms with Crippen molar-refractivity contribution in [2.45, 2.75) is 52.2 Å². The summed E-state index contributed by atoms with van der Waals surface area (Å²) in [5, 5.41) is 3.78. The first kappa shape index (κ1) is 22.0. The number of hydrogen-bond acceptors (Lipinski definition) is 5. The fourth-order valence-corrected chi connectivity index (χ4v) is 5.10. The van der Waals surface area contributed by atoms with Gasteiger partial charge in [-0.15, -0.1) is 11.3 Å². The molecule has 3 aromatic rings. The standard InChI is InChI=1S/C25H25N3O3S/c1-24(2,3)31-22(29)14-25(12-16-7-5-6-8-17(16)13-25)23(30)27-15-21-28-19-10-9-18(26-4)11-20(19)32-21/h5-11H,12-15H2,1-3H3,(H,27,30). The summed E-state index contributed by atoms with van der Waals surface area (Å²) in [6.07, 6.45) is 1.03. The molecule has 0 unspecified atom stereocenters. The molecule has 2 aromatic carbocycles. The maximum atomic E-state index is 13.4. The highest BCUT2D eigenvalue weighted by Crippen LogP contribution is 2.41. The average molecular weight is 448 g/mol. The van der Waals surface area contributed by atoms with Crippen LogP contribution in [0.5, 0.6) is 0 Å². The number of nitrogens with one attached hydrogen (secondary N) is 1. The number of ether oxygens (including phenoxy) is 1. The number of hydrogen-bond donors (Lipinski definition) is 1. The number of esters is 1. The number of rotatable bonds is 5. The van der Waals surface area contributed by atoms with Crippen LogP contribution in [-0.2, 0) is 33.7 Å². The second kappa shape index (κ2) is 8.36. The average Bonchev–Trinajstić information content (AvgIpc) is 3.30. The maximum absolute atomic E-state index is 13.4. The Balaban J connectivity index is 1.53. The molecule has 4 rings (SSSR count). The third kappa shape index (κ3) is 4.66. The number of carbonyl (C=O) groups is 2.